The Hall–Kier alpha value is -2.55. The molecule has 2 aromatic carbocycles. The number of nitrogens with zero attached hydrogens (tertiary/aromatic N) is 1. The van der Waals surface area contributed by atoms with Gasteiger partial charge in [0.25, 0.3) is 0 Å². The summed E-state index contributed by atoms with van der Waals surface area (Å²) in [5.41, 5.74) is 7.98. The first-order chi connectivity index (χ1) is 9.24. The summed E-state index contributed by atoms with van der Waals surface area (Å²) in [7, 11) is 0. The van der Waals surface area contributed by atoms with Crippen LogP contribution in [0.15, 0.2) is 54.9 Å². The molecule has 1 heterocycles. The maximum Gasteiger partial charge on any atom is 0.150 e. The van der Waals surface area contributed by atoms with Gasteiger partial charge in [-0.3, -0.25) is 4.98 Å². The van der Waals surface area contributed by atoms with E-state index in [-0.39, 0.29) is 0 Å². The average Bonchev–Trinajstić information content (AvgIpc) is 2.45. The van der Waals surface area contributed by atoms with E-state index in [2.05, 4.69) is 4.98 Å². The molecule has 0 spiro atoms. The van der Waals surface area contributed by atoms with E-state index in [0.29, 0.717) is 11.4 Å². The Morgan fingerprint density at radius 1 is 1.00 bits per heavy atom. The van der Waals surface area contributed by atoms with E-state index in [1.165, 1.54) is 5.56 Å². The number of pyridine rings is 1. The summed E-state index contributed by atoms with van der Waals surface area (Å²) in [4.78, 5) is 4.08. The summed E-state index contributed by atoms with van der Waals surface area (Å²) in [6, 6.07) is 13.6. The molecule has 0 saturated carbocycles. The Morgan fingerprint density at radius 2 is 1.79 bits per heavy atom. The first kappa shape index (κ1) is 11.5. The quantitative estimate of drug-likeness (QED) is 0.701. The van der Waals surface area contributed by atoms with Crippen LogP contribution in [0.2, 0.25) is 0 Å². The van der Waals surface area contributed by atoms with Crippen molar-refractivity contribution in [3.05, 3.63) is 60.4 Å². The van der Waals surface area contributed by atoms with Gasteiger partial charge in [-0.25, -0.2) is 0 Å². The van der Waals surface area contributed by atoms with E-state index in [0.717, 1.165) is 16.5 Å². The lowest BCUT2D eigenvalue weighted by Crippen LogP contribution is -1.93. The maximum absolute atomic E-state index is 6.14. The largest absolute Gasteiger partial charge is 0.455 e. The highest BCUT2D eigenvalue weighted by Gasteiger charge is 2.06. The van der Waals surface area contributed by atoms with Crippen LogP contribution < -0.4 is 10.5 Å². The van der Waals surface area contributed by atoms with Crippen molar-refractivity contribution < 1.29 is 4.74 Å². The third kappa shape index (κ3) is 2.22. The molecule has 0 saturated heterocycles. The highest BCUT2D eigenvalue weighted by atomic mass is 16.5. The van der Waals surface area contributed by atoms with Gasteiger partial charge >= 0.3 is 0 Å². The fourth-order valence-corrected chi connectivity index (χ4v) is 2.00. The molecule has 0 unspecified atom stereocenters. The Labute approximate surface area is 111 Å². The number of ether oxygens (including phenoxy) is 1. The molecule has 0 aliphatic rings. The van der Waals surface area contributed by atoms with Gasteiger partial charge in [0.15, 0.2) is 5.75 Å². The minimum atomic E-state index is 0.639. The van der Waals surface area contributed by atoms with Gasteiger partial charge in [0.2, 0.25) is 0 Å². The molecule has 0 amide bonds. The Kier molecular flexibility index (Phi) is 2.80. The van der Waals surface area contributed by atoms with E-state index in [1.807, 2.05) is 49.4 Å². The second kappa shape index (κ2) is 4.61. The molecule has 0 atom stereocenters. The summed E-state index contributed by atoms with van der Waals surface area (Å²) in [5.74, 6) is 1.45. The number of nitrogens with two attached hydrogens (primary N) is 1. The average molecular weight is 250 g/mol. The van der Waals surface area contributed by atoms with Crippen molar-refractivity contribution in [1.82, 2.24) is 4.98 Å². The molecule has 0 fully saturated rings. The van der Waals surface area contributed by atoms with Crippen LogP contribution in [0.1, 0.15) is 5.56 Å². The number of anilines is 1. The Morgan fingerprint density at radius 3 is 2.58 bits per heavy atom. The fraction of sp³-hybridized carbons (Fsp3) is 0.0625. The van der Waals surface area contributed by atoms with E-state index < -0.39 is 0 Å². The van der Waals surface area contributed by atoms with Crippen LogP contribution in [0, 0.1) is 6.92 Å². The molecule has 19 heavy (non-hydrogen) atoms. The van der Waals surface area contributed by atoms with Crippen molar-refractivity contribution in [3.63, 3.8) is 0 Å². The second-order valence-electron chi connectivity index (χ2n) is 4.49. The first-order valence-corrected chi connectivity index (χ1v) is 6.11. The maximum atomic E-state index is 6.14. The van der Waals surface area contributed by atoms with Gasteiger partial charge in [0.05, 0.1) is 5.69 Å². The van der Waals surface area contributed by atoms with Crippen LogP contribution in [0.25, 0.3) is 10.8 Å². The fourth-order valence-electron chi connectivity index (χ4n) is 2.00. The van der Waals surface area contributed by atoms with Crippen molar-refractivity contribution >= 4 is 16.5 Å². The molecule has 3 aromatic rings. The van der Waals surface area contributed by atoms with Crippen molar-refractivity contribution in [1.29, 1.82) is 0 Å². The van der Waals surface area contributed by atoms with E-state index in [1.54, 1.807) is 12.4 Å². The Bertz CT molecular complexity index is 720. The van der Waals surface area contributed by atoms with Crippen LogP contribution in [0.5, 0.6) is 11.5 Å². The molecule has 3 rings (SSSR count). The second-order valence-corrected chi connectivity index (χ2v) is 4.49. The summed E-state index contributed by atoms with van der Waals surface area (Å²) in [5, 5.41) is 1.97. The lowest BCUT2D eigenvalue weighted by molar-refractivity contribution is 0.485. The predicted octanol–water partition coefficient (Wildman–Crippen LogP) is 3.92. The van der Waals surface area contributed by atoms with Crippen molar-refractivity contribution in [3.8, 4) is 11.5 Å². The van der Waals surface area contributed by atoms with E-state index in [4.69, 9.17) is 10.5 Å². The standard InChI is InChI=1S/C16H14N2O/c1-11-2-5-13(6-3-11)19-15-7-4-12-10-18-9-8-14(12)16(15)17/h2-10H,17H2,1H3. The lowest BCUT2D eigenvalue weighted by Gasteiger charge is -2.10. The third-order valence-electron chi connectivity index (χ3n) is 3.07. The summed E-state index contributed by atoms with van der Waals surface area (Å²) >= 11 is 0. The molecule has 0 bridgehead atoms. The Balaban J connectivity index is 2.01. The van der Waals surface area contributed by atoms with Gasteiger partial charge in [-0.05, 0) is 37.3 Å². The van der Waals surface area contributed by atoms with E-state index >= 15 is 0 Å². The van der Waals surface area contributed by atoms with Crippen LogP contribution in [0.4, 0.5) is 5.69 Å². The lowest BCUT2D eigenvalue weighted by atomic mass is 10.1. The van der Waals surface area contributed by atoms with Gasteiger partial charge < -0.3 is 10.5 Å². The monoisotopic (exact) mass is 250 g/mol. The molecular weight excluding hydrogens is 236 g/mol. The smallest absolute Gasteiger partial charge is 0.150 e. The molecule has 3 heteroatoms. The molecule has 0 radical (unpaired) electrons. The van der Waals surface area contributed by atoms with Gasteiger partial charge in [0.1, 0.15) is 5.75 Å². The SMILES string of the molecule is Cc1ccc(Oc2ccc3cnccc3c2N)cc1. The molecule has 94 valence electrons. The number of benzene rings is 2. The molecule has 1 aromatic heterocycles. The van der Waals surface area contributed by atoms with Crippen LogP contribution in [-0.4, -0.2) is 4.98 Å². The van der Waals surface area contributed by atoms with Crippen LogP contribution in [0.3, 0.4) is 0 Å². The highest BCUT2D eigenvalue weighted by molar-refractivity contribution is 5.95. The minimum Gasteiger partial charge on any atom is -0.455 e. The number of fused-ring (bicyclic) bond motifs is 1. The summed E-state index contributed by atoms with van der Waals surface area (Å²) < 4.78 is 5.83. The molecule has 0 aliphatic carbocycles. The number of hydrogen-bond donors (Lipinski definition) is 1. The number of nitrogen functional groups attached to an aromatic ring is 1. The first-order valence-electron chi connectivity index (χ1n) is 6.11. The summed E-state index contributed by atoms with van der Waals surface area (Å²) in [6.07, 6.45) is 3.52. The number of rotatable bonds is 2. The van der Waals surface area contributed by atoms with Crippen LogP contribution >= 0.6 is 0 Å². The number of aryl methyl sites for hydroxylation is 1. The summed E-state index contributed by atoms with van der Waals surface area (Å²) in [6.45, 7) is 2.04. The molecular formula is C16H14N2O. The number of hydrogen-bond acceptors (Lipinski definition) is 3. The normalized spacial score (nSPS) is 10.6. The molecule has 2 N–H and O–H groups in total. The number of aromatic nitrogens is 1. The predicted molar refractivity (Wildman–Crippen MR) is 77.4 cm³/mol. The minimum absolute atomic E-state index is 0.639. The van der Waals surface area contributed by atoms with Crippen molar-refractivity contribution in [2.24, 2.45) is 0 Å². The van der Waals surface area contributed by atoms with Gasteiger partial charge in [-0.1, -0.05) is 17.7 Å². The van der Waals surface area contributed by atoms with E-state index in [9.17, 15) is 0 Å². The van der Waals surface area contributed by atoms with Crippen molar-refractivity contribution in [2.45, 2.75) is 6.92 Å². The third-order valence-corrected chi connectivity index (χ3v) is 3.07. The highest BCUT2D eigenvalue weighted by Crippen LogP contribution is 2.33. The zero-order valence-corrected chi connectivity index (χ0v) is 10.6. The van der Waals surface area contributed by atoms with Gasteiger partial charge in [-0.15, -0.1) is 0 Å². The van der Waals surface area contributed by atoms with Crippen LogP contribution in [-0.2, 0) is 0 Å². The topological polar surface area (TPSA) is 48.1 Å². The zero-order chi connectivity index (χ0) is 13.2. The zero-order valence-electron chi connectivity index (χ0n) is 10.6. The van der Waals surface area contributed by atoms with Gasteiger partial charge in [-0.2, -0.15) is 0 Å². The van der Waals surface area contributed by atoms with Crippen molar-refractivity contribution in [2.75, 3.05) is 5.73 Å². The molecule has 3 nitrogen and oxygen atoms in total. The molecule has 0 aliphatic heterocycles. The van der Waals surface area contributed by atoms with Gasteiger partial charge in [0, 0.05) is 23.2 Å².